The maximum atomic E-state index is 11.8. The van der Waals surface area contributed by atoms with Crippen LogP contribution in [0.5, 0.6) is 0 Å². The predicted molar refractivity (Wildman–Crippen MR) is 68.9 cm³/mol. The van der Waals surface area contributed by atoms with E-state index in [1.807, 2.05) is 6.92 Å². The van der Waals surface area contributed by atoms with Gasteiger partial charge in [0.15, 0.2) is 0 Å². The van der Waals surface area contributed by atoms with Crippen LogP contribution in [0.1, 0.15) is 6.92 Å². The fourth-order valence-corrected chi connectivity index (χ4v) is 2.02. The molecule has 0 amide bonds. The molecule has 17 heavy (non-hydrogen) atoms. The third kappa shape index (κ3) is 3.83. The molecule has 1 rings (SSSR count). The lowest BCUT2D eigenvalue weighted by molar-refractivity contribution is 0.520. The predicted octanol–water partition coefficient (Wildman–Crippen LogP) is 1.37. The molecule has 5 nitrogen and oxygen atoms in total. The van der Waals surface area contributed by atoms with Crippen molar-refractivity contribution in [2.75, 3.05) is 26.0 Å². The molecule has 0 aromatic carbocycles. The van der Waals surface area contributed by atoms with Crippen LogP contribution in [-0.4, -0.2) is 43.7 Å². The molecule has 1 aromatic heterocycles. The molecule has 0 spiro atoms. The Labute approximate surface area is 107 Å². The molecular weight excluding hydrogens is 262 g/mol. The highest BCUT2D eigenvalue weighted by Crippen LogP contribution is 2.13. The van der Waals surface area contributed by atoms with Gasteiger partial charge in [0, 0.05) is 32.2 Å². The largest absolute Gasteiger partial charge is 0.369 e. The molecule has 0 aliphatic heterocycles. The van der Waals surface area contributed by atoms with Crippen molar-refractivity contribution < 1.29 is 8.42 Å². The van der Waals surface area contributed by atoms with Crippen molar-refractivity contribution in [3.05, 3.63) is 18.3 Å². The second-order valence-corrected chi connectivity index (χ2v) is 6.73. The number of pyridine rings is 1. The van der Waals surface area contributed by atoms with Crippen molar-refractivity contribution in [2.24, 2.45) is 0 Å². The average molecular weight is 278 g/mol. The monoisotopic (exact) mass is 277 g/mol. The van der Waals surface area contributed by atoms with Crippen LogP contribution in [0.15, 0.2) is 23.2 Å². The first-order valence-corrected chi connectivity index (χ1v) is 6.98. The first kappa shape index (κ1) is 14.2. The number of hydrogen-bond donors (Lipinski definition) is 1. The van der Waals surface area contributed by atoms with E-state index in [0.29, 0.717) is 12.4 Å². The fourth-order valence-electron chi connectivity index (χ4n) is 1.09. The molecule has 1 N–H and O–H groups in total. The number of anilines is 1. The van der Waals surface area contributed by atoms with Crippen molar-refractivity contribution in [3.63, 3.8) is 0 Å². The number of halogens is 1. The Morgan fingerprint density at radius 3 is 2.53 bits per heavy atom. The van der Waals surface area contributed by atoms with E-state index >= 15 is 0 Å². The molecule has 1 aromatic rings. The van der Waals surface area contributed by atoms with E-state index in [1.54, 1.807) is 6.07 Å². The van der Waals surface area contributed by atoms with E-state index < -0.39 is 10.0 Å². The Kier molecular flexibility index (Phi) is 4.73. The molecule has 96 valence electrons. The lowest BCUT2D eigenvalue weighted by Crippen LogP contribution is -2.22. The van der Waals surface area contributed by atoms with Gasteiger partial charge in [0.2, 0.25) is 10.0 Å². The van der Waals surface area contributed by atoms with Crippen LogP contribution in [0.25, 0.3) is 0 Å². The van der Waals surface area contributed by atoms with E-state index in [4.69, 9.17) is 11.6 Å². The van der Waals surface area contributed by atoms with Crippen LogP contribution in [0, 0.1) is 0 Å². The third-order valence-electron chi connectivity index (χ3n) is 2.08. The fraction of sp³-hybridized carbons (Fsp3) is 0.500. The molecule has 0 radical (unpaired) electrons. The maximum Gasteiger partial charge on any atom is 0.244 e. The zero-order valence-corrected chi connectivity index (χ0v) is 11.6. The topological polar surface area (TPSA) is 62.3 Å². The minimum absolute atomic E-state index is 0.0121. The minimum Gasteiger partial charge on any atom is -0.369 e. The van der Waals surface area contributed by atoms with E-state index in [9.17, 15) is 8.42 Å². The molecule has 1 atom stereocenters. The summed E-state index contributed by atoms with van der Waals surface area (Å²) in [7, 11) is -0.442. The van der Waals surface area contributed by atoms with Gasteiger partial charge in [-0.2, -0.15) is 0 Å². The number of hydrogen-bond acceptors (Lipinski definition) is 4. The van der Waals surface area contributed by atoms with Gasteiger partial charge in [-0.05, 0) is 19.1 Å². The summed E-state index contributed by atoms with van der Waals surface area (Å²) in [6.07, 6.45) is 1.33. The van der Waals surface area contributed by atoms with Crippen LogP contribution in [0.3, 0.4) is 0 Å². The van der Waals surface area contributed by atoms with Gasteiger partial charge in [-0.15, -0.1) is 11.6 Å². The number of rotatable bonds is 5. The van der Waals surface area contributed by atoms with Gasteiger partial charge in [0.05, 0.1) is 0 Å². The van der Waals surface area contributed by atoms with Crippen LogP contribution in [0.4, 0.5) is 5.82 Å². The SMILES string of the molecule is CC(Cl)CNc1ccc(S(=O)(=O)N(C)C)cn1. The van der Waals surface area contributed by atoms with E-state index in [0.717, 1.165) is 4.31 Å². The van der Waals surface area contributed by atoms with Crippen molar-refractivity contribution in [2.45, 2.75) is 17.2 Å². The zero-order chi connectivity index (χ0) is 13.1. The van der Waals surface area contributed by atoms with Gasteiger partial charge >= 0.3 is 0 Å². The Balaban J connectivity index is 2.82. The van der Waals surface area contributed by atoms with E-state index in [-0.39, 0.29) is 10.3 Å². The zero-order valence-electron chi connectivity index (χ0n) is 10.0. The summed E-state index contributed by atoms with van der Waals surface area (Å²) < 4.78 is 24.7. The number of nitrogens with one attached hydrogen (secondary N) is 1. The van der Waals surface area contributed by atoms with Gasteiger partial charge < -0.3 is 5.32 Å². The lowest BCUT2D eigenvalue weighted by atomic mass is 10.4. The summed E-state index contributed by atoms with van der Waals surface area (Å²) in [4.78, 5) is 4.20. The number of nitrogens with zero attached hydrogens (tertiary/aromatic N) is 2. The van der Waals surface area contributed by atoms with Crippen molar-refractivity contribution >= 4 is 27.4 Å². The summed E-state index contributed by atoms with van der Waals surface area (Å²) >= 11 is 5.78. The molecule has 0 saturated carbocycles. The number of alkyl halides is 1. The highest BCUT2D eigenvalue weighted by molar-refractivity contribution is 7.89. The van der Waals surface area contributed by atoms with Crippen molar-refractivity contribution in [3.8, 4) is 0 Å². The molecule has 1 heterocycles. The van der Waals surface area contributed by atoms with Crippen LogP contribution in [-0.2, 0) is 10.0 Å². The van der Waals surface area contributed by atoms with Gasteiger partial charge in [-0.1, -0.05) is 0 Å². The normalized spacial score (nSPS) is 13.7. The van der Waals surface area contributed by atoms with Crippen LogP contribution >= 0.6 is 11.6 Å². The summed E-state index contributed by atoms with van der Waals surface area (Å²) in [6.45, 7) is 2.44. The highest BCUT2D eigenvalue weighted by Gasteiger charge is 2.17. The first-order valence-electron chi connectivity index (χ1n) is 5.10. The maximum absolute atomic E-state index is 11.8. The Morgan fingerprint density at radius 1 is 1.47 bits per heavy atom. The molecular formula is C10H16ClN3O2S. The number of aromatic nitrogens is 1. The summed E-state index contributed by atoms with van der Waals surface area (Å²) in [5, 5.41) is 2.99. The molecule has 1 unspecified atom stereocenters. The van der Waals surface area contributed by atoms with Crippen LogP contribution < -0.4 is 5.32 Å². The lowest BCUT2D eigenvalue weighted by Gasteiger charge is -2.11. The smallest absolute Gasteiger partial charge is 0.244 e. The van der Waals surface area contributed by atoms with Gasteiger partial charge in [-0.3, -0.25) is 0 Å². The molecule has 0 aliphatic rings. The molecule has 0 saturated heterocycles. The standard InChI is InChI=1S/C10H16ClN3O2S/c1-8(11)6-12-10-5-4-9(7-13-10)17(15,16)14(2)3/h4-5,7-8H,6H2,1-3H3,(H,12,13). The third-order valence-corrected chi connectivity index (χ3v) is 4.03. The Bertz CT molecular complexity index is 457. The second kappa shape index (κ2) is 5.66. The van der Waals surface area contributed by atoms with E-state index in [1.165, 1.54) is 26.4 Å². The Hall–Kier alpha value is -0.850. The summed E-state index contributed by atoms with van der Waals surface area (Å²) in [5.41, 5.74) is 0. The average Bonchev–Trinajstić information content (AvgIpc) is 2.26. The molecule has 0 bridgehead atoms. The quantitative estimate of drug-likeness (QED) is 0.826. The summed E-state index contributed by atoms with van der Waals surface area (Å²) in [5.74, 6) is 0.607. The van der Waals surface area contributed by atoms with Gasteiger partial charge in [0.25, 0.3) is 0 Å². The summed E-state index contributed by atoms with van der Waals surface area (Å²) in [6, 6.07) is 3.14. The van der Waals surface area contributed by atoms with E-state index in [2.05, 4.69) is 10.3 Å². The minimum atomic E-state index is -3.41. The van der Waals surface area contributed by atoms with Crippen LogP contribution in [0.2, 0.25) is 0 Å². The Morgan fingerprint density at radius 2 is 2.12 bits per heavy atom. The van der Waals surface area contributed by atoms with Crippen molar-refractivity contribution in [1.82, 2.24) is 9.29 Å². The van der Waals surface area contributed by atoms with Gasteiger partial charge in [-0.25, -0.2) is 17.7 Å². The second-order valence-electron chi connectivity index (χ2n) is 3.83. The highest BCUT2D eigenvalue weighted by atomic mass is 35.5. The first-order chi connectivity index (χ1) is 7.84. The van der Waals surface area contributed by atoms with Crippen molar-refractivity contribution in [1.29, 1.82) is 0 Å². The number of sulfonamides is 1. The van der Waals surface area contributed by atoms with Gasteiger partial charge in [0.1, 0.15) is 10.7 Å². The molecule has 0 fully saturated rings. The molecule has 0 aliphatic carbocycles. The molecule has 7 heteroatoms.